The number of hydrogen-bond acceptors (Lipinski definition) is 4. The lowest BCUT2D eigenvalue weighted by molar-refractivity contribution is 0.0929. The Bertz CT molecular complexity index is 725. The summed E-state index contributed by atoms with van der Waals surface area (Å²) in [6.07, 6.45) is 7.06. The zero-order chi connectivity index (χ0) is 16.7. The zero-order valence-electron chi connectivity index (χ0n) is 14.3. The summed E-state index contributed by atoms with van der Waals surface area (Å²) in [7, 11) is 4.09. The molecular formula is C17H24N6O. The molecule has 4 rings (SSSR count). The molecule has 4 heterocycles. The summed E-state index contributed by atoms with van der Waals surface area (Å²) in [6, 6.07) is 2.03. The van der Waals surface area contributed by atoms with E-state index < -0.39 is 0 Å². The molecule has 7 heteroatoms. The molecule has 0 aromatic carbocycles. The fraction of sp³-hybridized carbons (Fsp3) is 0.588. The number of amides is 1. The average Bonchev–Trinajstić information content (AvgIpc) is 3.25. The van der Waals surface area contributed by atoms with Gasteiger partial charge in [0.25, 0.3) is 5.91 Å². The van der Waals surface area contributed by atoms with E-state index in [1.165, 1.54) is 12.1 Å². The molecule has 2 aliphatic heterocycles. The maximum atomic E-state index is 12.7. The van der Waals surface area contributed by atoms with E-state index in [1.807, 2.05) is 34.9 Å². The first-order valence-electron chi connectivity index (χ1n) is 8.64. The van der Waals surface area contributed by atoms with Crippen LogP contribution in [-0.4, -0.2) is 56.3 Å². The monoisotopic (exact) mass is 328 g/mol. The Morgan fingerprint density at radius 2 is 2.17 bits per heavy atom. The van der Waals surface area contributed by atoms with Crippen LogP contribution in [0.5, 0.6) is 0 Å². The smallest absolute Gasteiger partial charge is 0.272 e. The summed E-state index contributed by atoms with van der Waals surface area (Å²) < 4.78 is 4.02. The lowest BCUT2D eigenvalue weighted by atomic mass is 10.00. The van der Waals surface area contributed by atoms with Crippen molar-refractivity contribution in [3.63, 3.8) is 0 Å². The molecule has 2 aromatic rings. The van der Waals surface area contributed by atoms with Crippen LogP contribution in [-0.2, 0) is 20.0 Å². The van der Waals surface area contributed by atoms with Crippen LogP contribution in [0.15, 0.2) is 18.6 Å². The van der Waals surface area contributed by atoms with Gasteiger partial charge in [-0.3, -0.25) is 9.48 Å². The highest BCUT2D eigenvalue weighted by atomic mass is 16.2. The molecule has 1 N–H and O–H groups in total. The van der Waals surface area contributed by atoms with Crippen molar-refractivity contribution in [2.45, 2.75) is 37.8 Å². The fourth-order valence-electron chi connectivity index (χ4n) is 3.94. The molecule has 0 aliphatic carbocycles. The summed E-state index contributed by atoms with van der Waals surface area (Å²) >= 11 is 0. The molecule has 1 fully saturated rings. The van der Waals surface area contributed by atoms with E-state index in [0.29, 0.717) is 5.69 Å². The maximum Gasteiger partial charge on any atom is 0.272 e. The predicted octanol–water partition coefficient (Wildman–Crippen LogP) is 0.780. The van der Waals surface area contributed by atoms with Crippen LogP contribution >= 0.6 is 0 Å². The van der Waals surface area contributed by atoms with E-state index in [2.05, 4.69) is 27.3 Å². The molecule has 2 atom stereocenters. The average molecular weight is 328 g/mol. The van der Waals surface area contributed by atoms with E-state index in [4.69, 9.17) is 0 Å². The molecule has 2 aromatic heterocycles. The largest absolute Gasteiger partial charge is 0.346 e. The van der Waals surface area contributed by atoms with Gasteiger partial charge in [-0.05, 0) is 32.4 Å². The Kier molecular flexibility index (Phi) is 3.88. The van der Waals surface area contributed by atoms with Gasteiger partial charge in [0.1, 0.15) is 5.69 Å². The number of hydrogen-bond donors (Lipinski definition) is 1. The number of aromatic nitrogens is 4. The SMILES string of the molecule is CN1C[C@@H](NC(=O)c2cc3n(n2)CCCC3)[C@H](c2cncn2C)C1. The number of fused-ring (bicyclic) bond motifs is 1. The second kappa shape index (κ2) is 6.05. The predicted molar refractivity (Wildman–Crippen MR) is 89.9 cm³/mol. The number of nitrogens with one attached hydrogen (secondary N) is 1. The second-order valence-electron chi connectivity index (χ2n) is 7.04. The number of likely N-dealkylation sites (tertiary alicyclic amines) is 1. The first kappa shape index (κ1) is 15.4. The number of aryl methyl sites for hydroxylation is 3. The molecule has 1 amide bonds. The van der Waals surface area contributed by atoms with Crippen molar-refractivity contribution in [3.8, 4) is 0 Å². The van der Waals surface area contributed by atoms with Gasteiger partial charge in [-0.2, -0.15) is 5.10 Å². The Morgan fingerprint density at radius 3 is 2.92 bits per heavy atom. The van der Waals surface area contributed by atoms with Crippen molar-refractivity contribution in [2.24, 2.45) is 7.05 Å². The third-order valence-corrected chi connectivity index (χ3v) is 5.20. The minimum atomic E-state index is -0.0654. The number of likely N-dealkylation sites (N-methyl/N-ethyl adjacent to an activating group) is 1. The van der Waals surface area contributed by atoms with Gasteiger partial charge < -0.3 is 14.8 Å². The molecule has 0 saturated carbocycles. The third-order valence-electron chi connectivity index (χ3n) is 5.20. The lowest BCUT2D eigenvalue weighted by Crippen LogP contribution is -2.40. The van der Waals surface area contributed by atoms with E-state index in [1.54, 1.807) is 0 Å². The fourth-order valence-corrected chi connectivity index (χ4v) is 3.94. The molecule has 0 spiro atoms. The van der Waals surface area contributed by atoms with Gasteiger partial charge in [0.05, 0.1) is 12.4 Å². The number of rotatable bonds is 3. The number of carbonyl (C=O) groups excluding carboxylic acids is 1. The van der Waals surface area contributed by atoms with Crippen LogP contribution in [0.4, 0.5) is 0 Å². The van der Waals surface area contributed by atoms with Crippen LogP contribution < -0.4 is 5.32 Å². The standard InChI is InChI=1S/C17H24N6O/c1-21-9-13(16-8-18-11-22(16)2)15(10-21)19-17(24)14-7-12-5-3-4-6-23(12)20-14/h7-8,11,13,15H,3-6,9-10H2,1-2H3,(H,19,24)/t13-,15-/m1/s1. The van der Waals surface area contributed by atoms with Gasteiger partial charge >= 0.3 is 0 Å². The second-order valence-corrected chi connectivity index (χ2v) is 7.04. The highest BCUT2D eigenvalue weighted by Crippen LogP contribution is 2.26. The van der Waals surface area contributed by atoms with Crippen LogP contribution in [0.25, 0.3) is 0 Å². The van der Waals surface area contributed by atoms with E-state index >= 15 is 0 Å². The van der Waals surface area contributed by atoms with Gasteiger partial charge in [0.15, 0.2) is 0 Å². The Morgan fingerprint density at radius 1 is 1.29 bits per heavy atom. The number of imidazole rings is 1. The van der Waals surface area contributed by atoms with E-state index in [-0.39, 0.29) is 17.9 Å². The summed E-state index contributed by atoms with van der Waals surface area (Å²) in [5.41, 5.74) is 2.89. The van der Waals surface area contributed by atoms with E-state index in [9.17, 15) is 4.79 Å². The molecule has 24 heavy (non-hydrogen) atoms. The lowest BCUT2D eigenvalue weighted by Gasteiger charge is -2.19. The van der Waals surface area contributed by atoms with Crippen molar-refractivity contribution in [3.05, 3.63) is 35.7 Å². The number of nitrogens with zero attached hydrogens (tertiary/aromatic N) is 5. The van der Waals surface area contributed by atoms with Crippen molar-refractivity contribution < 1.29 is 4.79 Å². The molecule has 0 radical (unpaired) electrons. The topological polar surface area (TPSA) is 68.0 Å². The van der Waals surface area contributed by atoms with Crippen LogP contribution in [0.2, 0.25) is 0 Å². The minimum absolute atomic E-state index is 0.0654. The molecule has 0 unspecified atom stereocenters. The first-order valence-corrected chi connectivity index (χ1v) is 8.64. The first-order chi connectivity index (χ1) is 11.6. The van der Waals surface area contributed by atoms with Crippen LogP contribution in [0.3, 0.4) is 0 Å². The molecule has 128 valence electrons. The van der Waals surface area contributed by atoms with E-state index in [0.717, 1.165) is 38.2 Å². The quantitative estimate of drug-likeness (QED) is 0.904. The molecular weight excluding hydrogens is 304 g/mol. The summed E-state index contributed by atoms with van der Waals surface area (Å²) in [4.78, 5) is 19.2. The summed E-state index contributed by atoms with van der Waals surface area (Å²) in [5, 5.41) is 7.69. The summed E-state index contributed by atoms with van der Waals surface area (Å²) in [6.45, 7) is 2.69. The van der Waals surface area contributed by atoms with Crippen molar-refractivity contribution in [1.29, 1.82) is 0 Å². The van der Waals surface area contributed by atoms with Crippen molar-refractivity contribution >= 4 is 5.91 Å². The van der Waals surface area contributed by atoms with Gasteiger partial charge in [-0.1, -0.05) is 0 Å². The van der Waals surface area contributed by atoms with Crippen molar-refractivity contribution in [2.75, 3.05) is 20.1 Å². The van der Waals surface area contributed by atoms with Gasteiger partial charge in [-0.15, -0.1) is 0 Å². The zero-order valence-corrected chi connectivity index (χ0v) is 14.3. The van der Waals surface area contributed by atoms with Crippen molar-refractivity contribution in [1.82, 2.24) is 29.5 Å². The van der Waals surface area contributed by atoms with Crippen LogP contribution in [0, 0.1) is 0 Å². The Hall–Kier alpha value is -2.15. The maximum absolute atomic E-state index is 12.7. The Balaban J connectivity index is 1.52. The Labute approximate surface area is 141 Å². The molecule has 1 saturated heterocycles. The molecule has 0 bridgehead atoms. The third kappa shape index (κ3) is 2.73. The van der Waals surface area contributed by atoms with Gasteiger partial charge in [-0.25, -0.2) is 4.98 Å². The molecule has 7 nitrogen and oxygen atoms in total. The highest BCUT2D eigenvalue weighted by Gasteiger charge is 2.35. The summed E-state index contributed by atoms with van der Waals surface area (Å²) in [5.74, 6) is 0.188. The van der Waals surface area contributed by atoms with Crippen LogP contribution in [0.1, 0.15) is 40.6 Å². The van der Waals surface area contributed by atoms with Gasteiger partial charge in [0, 0.05) is 50.2 Å². The molecule has 2 aliphatic rings. The number of carbonyl (C=O) groups is 1. The highest BCUT2D eigenvalue weighted by molar-refractivity contribution is 5.92. The minimum Gasteiger partial charge on any atom is -0.346 e. The van der Waals surface area contributed by atoms with Gasteiger partial charge in [0.2, 0.25) is 0 Å². The normalized spacial score (nSPS) is 24.1.